The van der Waals surface area contributed by atoms with Crippen LogP contribution in [0.3, 0.4) is 0 Å². The third-order valence-corrected chi connectivity index (χ3v) is 12.3. The highest BCUT2D eigenvalue weighted by molar-refractivity contribution is 7.13. The lowest BCUT2D eigenvalue weighted by Gasteiger charge is -2.32. The number of carboxylic acids is 1. The molecule has 1 fully saturated rings. The largest absolute Gasteiger partial charge is 0.491 e. The van der Waals surface area contributed by atoms with E-state index in [2.05, 4.69) is 26.3 Å². The summed E-state index contributed by atoms with van der Waals surface area (Å²) in [6.07, 6.45) is -3.05. The van der Waals surface area contributed by atoms with Crippen molar-refractivity contribution < 1.29 is 37.3 Å². The van der Waals surface area contributed by atoms with E-state index in [1.807, 2.05) is 55.5 Å². The molecule has 322 valence electrons. The summed E-state index contributed by atoms with van der Waals surface area (Å²) in [5.41, 5.74) is 4.37. The average molecular weight is 906 g/mol. The zero-order chi connectivity index (χ0) is 43.5. The van der Waals surface area contributed by atoms with E-state index in [0.29, 0.717) is 49.3 Å². The summed E-state index contributed by atoms with van der Waals surface area (Å²) in [5, 5.41) is 17.7. The number of piperazine rings is 1. The van der Waals surface area contributed by atoms with Gasteiger partial charge in [0.25, 0.3) is 0 Å². The summed E-state index contributed by atoms with van der Waals surface area (Å²) in [6, 6.07) is 23.4. The number of ether oxygens (including phenoxy) is 3. The van der Waals surface area contributed by atoms with E-state index in [9.17, 15) is 23.1 Å². The van der Waals surface area contributed by atoms with Crippen molar-refractivity contribution in [3.05, 3.63) is 118 Å². The zero-order valence-electron chi connectivity index (χ0n) is 33.7. The van der Waals surface area contributed by atoms with Crippen molar-refractivity contribution in [2.45, 2.75) is 38.8 Å². The number of fused-ring (bicyclic) bond motifs is 2. The number of pyridine rings is 1. The summed E-state index contributed by atoms with van der Waals surface area (Å²) in [5.74, 6) is -0.304. The first-order chi connectivity index (χ1) is 29.8. The molecular weight excluding hydrogens is 864 g/mol. The maximum Gasteiger partial charge on any atom is 0.408 e. The lowest BCUT2D eigenvalue weighted by atomic mass is 9.93. The van der Waals surface area contributed by atoms with Crippen LogP contribution >= 0.6 is 34.7 Å². The molecule has 1 aliphatic heterocycles. The minimum absolute atomic E-state index is 0.106. The molecule has 7 aromatic rings. The van der Waals surface area contributed by atoms with E-state index in [4.69, 9.17) is 42.4 Å². The van der Waals surface area contributed by atoms with Crippen LogP contribution in [0.25, 0.3) is 43.2 Å². The van der Waals surface area contributed by atoms with Crippen molar-refractivity contribution in [2.75, 3.05) is 46.4 Å². The Kier molecular flexibility index (Phi) is 12.9. The SMILES string of the molecule is Cc1c(-c2cc(-c3nccc4cc(Cl)ccc34)cc3snc(OC(Cc4ccccc4OCc4ccnn4CC(F)(F)F)C(=O)O)c23)ccc(OCCN2CCN(C)CC2)c1Cl. The average Bonchev–Trinajstić information content (AvgIpc) is 3.87. The fourth-order valence-electron chi connectivity index (χ4n) is 7.55. The van der Waals surface area contributed by atoms with Gasteiger partial charge in [-0.3, -0.25) is 14.6 Å². The number of alkyl halides is 3. The second-order valence-corrected chi connectivity index (χ2v) is 16.7. The van der Waals surface area contributed by atoms with E-state index in [1.165, 1.54) is 12.3 Å². The van der Waals surface area contributed by atoms with Gasteiger partial charge in [0.15, 0.2) is 0 Å². The molecule has 8 rings (SSSR count). The monoisotopic (exact) mass is 904 g/mol. The molecule has 11 nitrogen and oxygen atoms in total. The molecule has 4 aromatic carbocycles. The molecule has 1 unspecified atom stereocenters. The smallest absolute Gasteiger partial charge is 0.408 e. The molecule has 0 amide bonds. The van der Waals surface area contributed by atoms with Crippen LogP contribution < -0.4 is 14.2 Å². The lowest BCUT2D eigenvalue weighted by Crippen LogP contribution is -2.45. The van der Waals surface area contributed by atoms with E-state index in [1.54, 1.807) is 30.5 Å². The van der Waals surface area contributed by atoms with E-state index >= 15 is 0 Å². The van der Waals surface area contributed by atoms with Gasteiger partial charge in [-0.2, -0.15) is 22.6 Å². The van der Waals surface area contributed by atoms with E-state index in [0.717, 1.165) is 76.4 Å². The summed E-state index contributed by atoms with van der Waals surface area (Å²) in [7, 11) is 2.12. The predicted molar refractivity (Wildman–Crippen MR) is 235 cm³/mol. The number of aromatic nitrogens is 4. The molecule has 0 radical (unpaired) electrons. The third-order valence-electron chi connectivity index (χ3n) is 10.9. The van der Waals surface area contributed by atoms with E-state index in [-0.39, 0.29) is 30.4 Å². The fourth-order valence-corrected chi connectivity index (χ4v) is 8.73. The molecule has 3 aromatic heterocycles. The molecule has 4 heterocycles. The first-order valence-corrected chi connectivity index (χ1v) is 21.3. The number of para-hydroxylation sites is 1. The van der Waals surface area contributed by atoms with Crippen molar-refractivity contribution in [3.63, 3.8) is 0 Å². The molecule has 1 atom stereocenters. The predicted octanol–water partition coefficient (Wildman–Crippen LogP) is 9.83. The highest BCUT2D eigenvalue weighted by atomic mass is 35.5. The number of hydrogen-bond acceptors (Lipinski definition) is 10. The Hall–Kier alpha value is -5.45. The van der Waals surface area contributed by atoms with E-state index < -0.39 is 24.8 Å². The maximum absolute atomic E-state index is 13.1. The normalized spacial score (nSPS) is 14.4. The standard InChI is InChI=1S/C45H41Cl2F3N6O5S/c1-27-33(9-10-37(41(27)47)59-20-19-55-17-15-54(2)16-18-55)35-22-30(42-34-8-7-31(46)21-28(34)11-13-51-42)24-39-40(35)43(53-62-39)61-38(44(57)58)23-29-5-3-4-6-36(29)60-25-32-12-14-52-56(32)26-45(48,49)50/h3-14,21-22,24,38H,15-20,23,25-26H2,1-2H3,(H,57,58). The number of hydrogen-bond donors (Lipinski definition) is 1. The van der Waals surface area contributed by atoms with Crippen molar-refractivity contribution in [1.82, 2.24) is 28.9 Å². The molecule has 17 heteroatoms. The topological polar surface area (TPSA) is 115 Å². The van der Waals surface area contributed by atoms with Gasteiger partial charge in [0, 0.05) is 67.5 Å². The number of rotatable bonds is 15. The van der Waals surface area contributed by atoms with Crippen LogP contribution in [-0.4, -0.2) is 98.7 Å². The van der Waals surface area contributed by atoms with Gasteiger partial charge < -0.3 is 24.2 Å². The van der Waals surface area contributed by atoms with Crippen LogP contribution in [0.15, 0.2) is 91.3 Å². The number of nitrogens with zero attached hydrogens (tertiary/aromatic N) is 6. The van der Waals surface area contributed by atoms with Crippen LogP contribution in [0.4, 0.5) is 13.2 Å². The quantitative estimate of drug-likeness (QED) is 0.107. The number of halogens is 5. The van der Waals surface area contributed by atoms with Crippen molar-refractivity contribution >= 4 is 61.6 Å². The summed E-state index contributed by atoms with van der Waals surface area (Å²) in [6.45, 7) is 5.62. The van der Waals surface area contributed by atoms with Crippen molar-refractivity contribution in [2.24, 2.45) is 0 Å². The number of carboxylic acid groups (broad SMARTS) is 1. The van der Waals surface area contributed by atoms with Gasteiger partial charge in [-0.1, -0.05) is 53.5 Å². The Bertz CT molecular complexity index is 2740. The van der Waals surface area contributed by atoms with Crippen LogP contribution in [0, 0.1) is 6.92 Å². The van der Waals surface area contributed by atoms with Crippen LogP contribution in [0.1, 0.15) is 16.8 Å². The first-order valence-electron chi connectivity index (χ1n) is 19.8. The molecular formula is C45H41Cl2F3N6O5S. The minimum Gasteiger partial charge on any atom is -0.491 e. The number of benzene rings is 4. The zero-order valence-corrected chi connectivity index (χ0v) is 36.0. The highest BCUT2D eigenvalue weighted by Gasteiger charge is 2.30. The highest BCUT2D eigenvalue weighted by Crippen LogP contribution is 2.45. The fraction of sp³-hybridized carbons (Fsp3) is 0.289. The van der Waals surface area contributed by atoms with Gasteiger partial charge in [0.05, 0.1) is 26.5 Å². The first kappa shape index (κ1) is 43.2. The van der Waals surface area contributed by atoms with Crippen molar-refractivity contribution in [3.8, 4) is 39.8 Å². The molecule has 0 bridgehead atoms. The molecule has 1 saturated heterocycles. The van der Waals surface area contributed by atoms with Gasteiger partial charge in [-0.05, 0) is 102 Å². The molecule has 0 saturated carbocycles. The van der Waals surface area contributed by atoms with Gasteiger partial charge in [-0.25, -0.2) is 4.79 Å². The number of likely N-dealkylation sites (N-methyl/N-ethyl adjacent to an activating group) is 1. The number of carbonyl (C=O) groups is 1. The molecule has 0 aliphatic carbocycles. The van der Waals surface area contributed by atoms with Crippen LogP contribution in [-0.2, 0) is 24.4 Å². The maximum atomic E-state index is 13.1. The van der Waals surface area contributed by atoms with Crippen LogP contribution in [0.2, 0.25) is 10.0 Å². The second-order valence-electron chi connectivity index (χ2n) is 15.1. The summed E-state index contributed by atoms with van der Waals surface area (Å²) in [4.78, 5) is 22.4. The third kappa shape index (κ3) is 9.77. The second kappa shape index (κ2) is 18.5. The molecule has 1 aliphatic rings. The van der Waals surface area contributed by atoms with Gasteiger partial charge in [0.2, 0.25) is 12.0 Å². The Labute approximate surface area is 369 Å². The van der Waals surface area contributed by atoms with Crippen molar-refractivity contribution in [1.29, 1.82) is 0 Å². The Morgan fingerprint density at radius 3 is 2.53 bits per heavy atom. The molecule has 1 N–H and O–H groups in total. The Balaban J connectivity index is 1.13. The Morgan fingerprint density at radius 2 is 1.74 bits per heavy atom. The summed E-state index contributed by atoms with van der Waals surface area (Å²) < 4.78 is 64.1. The van der Waals surface area contributed by atoms with Crippen LogP contribution in [0.5, 0.6) is 17.4 Å². The minimum atomic E-state index is -4.47. The Morgan fingerprint density at radius 1 is 0.935 bits per heavy atom. The molecule has 62 heavy (non-hydrogen) atoms. The van der Waals surface area contributed by atoms with Gasteiger partial charge in [0.1, 0.15) is 31.3 Å². The molecule has 0 spiro atoms. The lowest BCUT2D eigenvalue weighted by molar-refractivity contribution is -0.145. The summed E-state index contributed by atoms with van der Waals surface area (Å²) >= 11 is 14.6. The number of aliphatic carboxylic acids is 1. The van der Waals surface area contributed by atoms with Gasteiger partial charge in [-0.15, -0.1) is 0 Å². The van der Waals surface area contributed by atoms with Gasteiger partial charge >= 0.3 is 12.1 Å².